The highest BCUT2D eigenvalue weighted by atomic mass is 35.5. The van der Waals surface area contributed by atoms with Gasteiger partial charge in [-0.15, -0.1) is 0 Å². The van der Waals surface area contributed by atoms with Gasteiger partial charge in [-0.1, -0.05) is 23.7 Å². The number of nitrogens with zero attached hydrogens (tertiary/aromatic N) is 1. The van der Waals surface area contributed by atoms with Crippen LogP contribution in [-0.4, -0.2) is 16.6 Å². The first-order valence-electron chi connectivity index (χ1n) is 5.76. The van der Waals surface area contributed by atoms with Gasteiger partial charge in [-0.2, -0.15) is 0 Å². The molecular formula is C14H15ClN2O. The van der Waals surface area contributed by atoms with Crippen molar-refractivity contribution in [2.24, 2.45) is 5.73 Å². The second-order valence-electron chi connectivity index (χ2n) is 4.12. The molecule has 0 saturated carbocycles. The summed E-state index contributed by atoms with van der Waals surface area (Å²) < 4.78 is 0. The quantitative estimate of drug-likeness (QED) is 0.890. The fourth-order valence-electron chi connectivity index (χ4n) is 1.95. The van der Waals surface area contributed by atoms with Gasteiger partial charge in [0.05, 0.1) is 6.10 Å². The average Bonchev–Trinajstić information content (AvgIpc) is 2.41. The van der Waals surface area contributed by atoms with Crippen LogP contribution in [0, 0.1) is 0 Å². The number of aliphatic hydroxyl groups excluding tert-OH is 1. The highest BCUT2D eigenvalue weighted by Crippen LogP contribution is 2.30. The molecule has 2 atom stereocenters. The zero-order valence-electron chi connectivity index (χ0n) is 9.83. The van der Waals surface area contributed by atoms with E-state index in [0.29, 0.717) is 11.6 Å². The molecule has 3 N–H and O–H groups in total. The molecule has 4 heteroatoms. The van der Waals surface area contributed by atoms with E-state index in [1.54, 1.807) is 24.5 Å². The minimum absolute atomic E-state index is 0.144. The lowest BCUT2D eigenvalue weighted by atomic mass is 9.90. The molecule has 0 aliphatic heterocycles. The second kappa shape index (κ2) is 5.96. The SMILES string of the molecule is NCC(c1ccncc1)C(O)c1ccc(Cl)cc1. The number of aromatic nitrogens is 1. The summed E-state index contributed by atoms with van der Waals surface area (Å²) >= 11 is 5.83. The minimum Gasteiger partial charge on any atom is -0.388 e. The smallest absolute Gasteiger partial charge is 0.0870 e. The number of hydrogen-bond donors (Lipinski definition) is 2. The molecule has 0 aliphatic carbocycles. The molecule has 0 amide bonds. The Hall–Kier alpha value is -1.42. The molecule has 1 aromatic heterocycles. The third kappa shape index (κ3) is 2.88. The van der Waals surface area contributed by atoms with Crippen LogP contribution in [0.3, 0.4) is 0 Å². The largest absolute Gasteiger partial charge is 0.388 e. The van der Waals surface area contributed by atoms with Crippen LogP contribution in [0.4, 0.5) is 0 Å². The first-order chi connectivity index (χ1) is 8.72. The van der Waals surface area contributed by atoms with Gasteiger partial charge in [0.15, 0.2) is 0 Å². The maximum Gasteiger partial charge on any atom is 0.0870 e. The zero-order valence-corrected chi connectivity index (χ0v) is 10.6. The van der Waals surface area contributed by atoms with Gasteiger partial charge in [0, 0.05) is 29.9 Å². The third-order valence-corrected chi connectivity index (χ3v) is 3.23. The van der Waals surface area contributed by atoms with Crippen LogP contribution in [0.15, 0.2) is 48.8 Å². The predicted molar refractivity (Wildman–Crippen MR) is 72.4 cm³/mol. The maximum absolute atomic E-state index is 10.4. The summed E-state index contributed by atoms with van der Waals surface area (Å²) in [4.78, 5) is 3.97. The van der Waals surface area contributed by atoms with Crippen molar-refractivity contribution in [1.82, 2.24) is 4.98 Å². The number of nitrogens with two attached hydrogens (primary N) is 1. The van der Waals surface area contributed by atoms with Crippen molar-refractivity contribution in [2.75, 3.05) is 6.54 Å². The van der Waals surface area contributed by atoms with E-state index in [0.717, 1.165) is 11.1 Å². The summed E-state index contributed by atoms with van der Waals surface area (Å²) in [5, 5.41) is 11.0. The van der Waals surface area contributed by atoms with Crippen LogP contribution in [0.1, 0.15) is 23.1 Å². The molecule has 2 aromatic rings. The summed E-state index contributed by atoms with van der Waals surface area (Å²) in [5.41, 5.74) is 7.56. The monoisotopic (exact) mass is 262 g/mol. The Bertz CT molecular complexity index is 487. The van der Waals surface area contributed by atoms with Crippen molar-refractivity contribution in [3.05, 3.63) is 64.9 Å². The highest BCUT2D eigenvalue weighted by molar-refractivity contribution is 6.30. The summed E-state index contributed by atoms with van der Waals surface area (Å²) in [6.07, 6.45) is 2.76. The lowest BCUT2D eigenvalue weighted by molar-refractivity contribution is 0.147. The Morgan fingerprint density at radius 3 is 2.22 bits per heavy atom. The number of rotatable bonds is 4. The van der Waals surface area contributed by atoms with E-state index in [-0.39, 0.29) is 5.92 Å². The van der Waals surface area contributed by atoms with E-state index in [1.165, 1.54) is 0 Å². The lowest BCUT2D eigenvalue weighted by Crippen LogP contribution is -2.20. The Kier molecular flexibility index (Phi) is 4.31. The van der Waals surface area contributed by atoms with Crippen molar-refractivity contribution in [3.8, 4) is 0 Å². The first-order valence-corrected chi connectivity index (χ1v) is 6.13. The van der Waals surface area contributed by atoms with Gasteiger partial charge in [-0.25, -0.2) is 0 Å². The number of hydrogen-bond acceptors (Lipinski definition) is 3. The number of benzene rings is 1. The van der Waals surface area contributed by atoms with Gasteiger partial charge in [0.2, 0.25) is 0 Å². The van der Waals surface area contributed by atoms with E-state index in [9.17, 15) is 5.11 Å². The van der Waals surface area contributed by atoms with Crippen LogP contribution in [0.5, 0.6) is 0 Å². The normalized spacial score (nSPS) is 14.2. The molecule has 18 heavy (non-hydrogen) atoms. The van der Waals surface area contributed by atoms with Crippen LogP contribution in [0.2, 0.25) is 5.02 Å². The minimum atomic E-state index is -0.644. The van der Waals surface area contributed by atoms with Gasteiger partial charge in [0.1, 0.15) is 0 Å². The van der Waals surface area contributed by atoms with E-state index >= 15 is 0 Å². The van der Waals surface area contributed by atoms with Crippen molar-refractivity contribution in [2.45, 2.75) is 12.0 Å². The Labute approximate surface area is 111 Å². The molecule has 94 valence electrons. The molecule has 0 spiro atoms. The standard InChI is InChI=1S/C14H15ClN2O/c15-12-3-1-11(2-4-12)14(18)13(9-16)10-5-7-17-8-6-10/h1-8,13-14,18H,9,16H2. The van der Waals surface area contributed by atoms with Crippen LogP contribution in [0.25, 0.3) is 0 Å². The van der Waals surface area contributed by atoms with E-state index in [2.05, 4.69) is 4.98 Å². The Morgan fingerprint density at radius 1 is 1.06 bits per heavy atom. The third-order valence-electron chi connectivity index (χ3n) is 2.98. The van der Waals surface area contributed by atoms with Gasteiger partial charge >= 0.3 is 0 Å². The average molecular weight is 263 g/mol. The lowest BCUT2D eigenvalue weighted by Gasteiger charge is -2.22. The van der Waals surface area contributed by atoms with E-state index in [1.807, 2.05) is 24.3 Å². The molecule has 3 nitrogen and oxygen atoms in total. The van der Waals surface area contributed by atoms with Gasteiger partial charge < -0.3 is 10.8 Å². The van der Waals surface area contributed by atoms with Crippen molar-refractivity contribution in [3.63, 3.8) is 0 Å². The van der Waals surface area contributed by atoms with Gasteiger partial charge in [0.25, 0.3) is 0 Å². The number of pyridine rings is 1. The van der Waals surface area contributed by atoms with Gasteiger partial charge in [-0.3, -0.25) is 4.98 Å². The van der Waals surface area contributed by atoms with Crippen LogP contribution < -0.4 is 5.73 Å². The molecule has 1 aromatic carbocycles. The first kappa shape index (κ1) is 13.0. The Morgan fingerprint density at radius 2 is 1.67 bits per heavy atom. The summed E-state index contributed by atoms with van der Waals surface area (Å²) in [5.74, 6) is -0.144. The second-order valence-corrected chi connectivity index (χ2v) is 4.56. The highest BCUT2D eigenvalue weighted by Gasteiger charge is 2.21. The molecule has 0 aliphatic rings. The summed E-state index contributed by atoms with van der Waals surface area (Å²) in [6, 6.07) is 10.9. The van der Waals surface area contributed by atoms with E-state index in [4.69, 9.17) is 17.3 Å². The zero-order chi connectivity index (χ0) is 13.0. The summed E-state index contributed by atoms with van der Waals surface area (Å²) in [7, 11) is 0. The molecule has 0 radical (unpaired) electrons. The van der Waals surface area contributed by atoms with Crippen molar-refractivity contribution in [1.29, 1.82) is 0 Å². The van der Waals surface area contributed by atoms with Crippen LogP contribution >= 0.6 is 11.6 Å². The molecule has 0 fully saturated rings. The van der Waals surface area contributed by atoms with Crippen molar-refractivity contribution < 1.29 is 5.11 Å². The number of aliphatic hydroxyl groups is 1. The fourth-order valence-corrected chi connectivity index (χ4v) is 2.08. The predicted octanol–water partition coefficient (Wildman–Crippen LogP) is 2.51. The van der Waals surface area contributed by atoms with Crippen molar-refractivity contribution >= 4 is 11.6 Å². The molecule has 1 heterocycles. The molecule has 2 rings (SSSR count). The summed E-state index contributed by atoms with van der Waals surface area (Å²) in [6.45, 7) is 0.369. The maximum atomic E-state index is 10.4. The Balaban J connectivity index is 2.25. The van der Waals surface area contributed by atoms with Crippen LogP contribution in [-0.2, 0) is 0 Å². The molecule has 0 saturated heterocycles. The molecular weight excluding hydrogens is 248 g/mol. The fraction of sp³-hybridized carbons (Fsp3) is 0.214. The van der Waals surface area contributed by atoms with E-state index < -0.39 is 6.10 Å². The van der Waals surface area contributed by atoms with Gasteiger partial charge in [-0.05, 0) is 35.4 Å². The molecule has 2 unspecified atom stereocenters. The molecule has 0 bridgehead atoms. The number of halogens is 1. The topological polar surface area (TPSA) is 59.1 Å².